The van der Waals surface area contributed by atoms with Crippen LogP contribution < -0.4 is 14.4 Å². The average Bonchev–Trinajstić information content (AvgIpc) is 3.72. The highest BCUT2D eigenvalue weighted by atomic mass is 16.5. The Balaban J connectivity index is 1.20. The average molecular weight is 507 g/mol. The van der Waals surface area contributed by atoms with Gasteiger partial charge >= 0.3 is 5.97 Å². The first-order valence-electron chi connectivity index (χ1n) is 13.7. The van der Waals surface area contributed by atoms with Crippen molar-refractivity contribution < 1.29 is 24.2 Å². The van der Waals surface area contributed by atoms with Crippen LogP contribution in [-0.4, -0.2) is 48.6 Å². The Morgan fingerprint density at radius 3 is 2.46 bits per heavy atom. The van der Waals surface area contributed by atoms with E-state index in [2.05, 4.69) is 9.88 Å². The second kappa shape index (κ2) is 11.1. The van der Waals surface area contributed by atoms with Crippen LogP contribution >= 0.6 is 0 Å². The van der Waals surface area contributed by atoms with E-state index in [0.29, 0.717) is 24.3 Å². The summed E-state index contributed by atoms with van der Waals surface area (Å²) in [5.41, 5.74) is 2.82. The quantitative estimate of drug-likeness (QED) is 0.398. The van der Waals surface area contributed by atoms with Gasteiger partial charge in [0.25, 0.3) is 0 Å². The Hall–Kier alpha value is -3.09. The van der Waals surface area contributed by atoms with Crippen LogP contribution in [0.25, 0.3) is 0 Å². The van der Waals surface area contributed by atoms with Crippen molar-refractivity contribution in [2.24, 2.45) is 23.7 Å². The number of rotatable bonds is 11. The fourth-order valence-electron chi connectivity index (χ4n) is 5.83. The van der Waals surface area contributed by atoms with Crippen LogP contribution in [-0.2, 0) is 4.79 Å². The highest BCUT2D eigenvalue weighted by molar-refractivity contribution is 6.03. The van der Waals surface area contributed by atoms with Gasteiger partial charge in [0, 0.05) is 42.9 Å². The number of ether oxygens (including phenoxy) is 2. The highest BCUT2D eigenvalue weighted by Crippen LogP contribution is 2.47. The predicted molar refractivity (Wildman–Crippen MR) is 142 cm³/mol. The van der Waals surface area contributed by atoms with Gasteiger partial charge in [-0.1, -0.05) is 13.3 Å². The van der Waals surface area contributed by atoms with Gasteiger partial charge in [0.15, 0.2) is 5.78 Å². The van der Waals surface area contributed by atoms with Gasteiger partial charge in [0.2, 0.25) is 5.88 Å². The molecule has 1 aromatic carbocycles. The summed E-state index contributed by atoms with van der Waals surface area (Å²) in [5, 5.41) is 9.58. The third-order valence-electron chi connectivity index (χ3n) is 8.57. The van der Waals surface area contributed by atoms with E-state index in [4.69, 9.17) is 9.47 Å². The minimum absolute atomic E-state index is 0.00537. The molecular formula is C30H38N2O5. The summed E-state index contributed by atoms with van der Waals surface area (Å²) in [7, 11) is 1.66. The summed E-state index contributed by atoms with van der Waals surface area (Å²) in [6, 6.07) is 9.70. The summed E-state index contributed by atoms with van der Waals surface area (Å²) >= 11 is 0. The minimum atomic E-state index is -0.753. The third-order valence-corrected chi connectivity index (χ3v) is 8.57. The summed E-state index contributed by atoms with van der Waals surface area (Å²) in [6.45, 7) is 4.10. The number of nitrogens with zero attached hydrogens (tertiary/aromatic N) is 2. The predicted octanol–water partition coefficient (Wildman–Crippen LogP) is 5.58. The smallest absolute Gasteiger partial charge is 0.306 e. The molecule has 1 aliphatic heterocycles. The number of carboxylic acids is 1. The van der Waals surface area contributed by atoms with Crippen LogP contribution in [0.3, 0.4) is 0 Å². The van der Waals surface area contributed by atoms with E-state index in [1.165, 1.54) is 0 Å². The molecule has 2 saturated carbocycles. The van der Waals surface area contributed by atoms with E-state index in [0.717, 1.165) is 80.6 Å². The highest BCUT2D eigenvalue weighted by Gasteiger charge is 2.39. The monoisotopic (exact) mass is 506 g/mol. The molecule has 37 heavy (non-hydrogen) atoms. The van der Waals surface area contributed by atoms with Crippen LogP contribution in [0.4, 0.5) is 5.69 Å². The van der Waals surface area contributed by atoms with Crippen LogP contribution in [0.2, 0.25) is 0 Å². The van der Waals surface area contributed by atoms with Gasteiger partial charge in [-0.2, -0.15) is 0 Å². The van der Waals surface area contributed by atoms with E-state index in [1.807, 2.05) is 30.3 Å². The first-order valence-corrected chi connectivity index (χ1v) is 13.7. The molecule has 1 aromatic heterocycles. The molecule has 1 saturated heterocycles. The van der Waals surface area contributed by atoms with Crippen molar-refractivity contribution in [3.8, 4) is 11.6 Å². The Labute approximate surface area is 219 Å². The van der Waals surface area contributed by atoms with Crippen molar-refractivity contribution >= 4 is 17.4 Å². The number of carbonyl (C=O) groups excluding carboxylic acids is 1. The molecule has 3 aliphatic rings. The lowest BCUT2D eigenvalue weighted by Crippen LogP contribution is -2.37. The molecule has 0 bridgehead atoms. The van der Waals surface area contributed by atoms with Gasteiger partial charge in [0.1, 0.15) is 5.75 Å². The number of pyridine rings is 1. The maximum atomic E-state index is 13.1. The SMILES string of the molecule is COc1ccc(C(=O)C2CCC2)c(N2CCC(COc3cc([C@H](C4CC4)[C@H](C)C(=O)O)ccn3)CC2)c1. The molecule has 0 spiro atoms. The number of hydrogen-bond acceptors (Lipinski definition) is 6. The van der Waals surface area contributed by atoms with E-state index >= 15 is 0 Å². The largest absolute Gasteiger partial charge is 0.497 e. The third kappa shape index (κ3) is 5.76. The Morgan fingerprint density at radius 1 is 1.08 bits per heavy atom. The topological polar surface area (TPSA) is 89.0 Å². The fourth-order valence-corrected chi connectivity index (χ4v) is 5.83. The molecule has 0 amide bonds. The molecule has 7 nitrogen and oxygen atoms in total. The van der Waals surface area contributed by atoms with E-state index in [1.54, 1.807) is 20.2 Å². The molecule has 7 heteroatoms. The van der Waals surface area contributed by atoms with E-state index in [-0.39, 0.29) is 17.6 Å². The number of carbonyl (C=O) groups is 2. The number of aromatic nitrogens is 1. The number of aliphatic carboxylic acids is 1. The normalized spacial score (nSPS) is 20.1. The van der Waals surface area contributed by atoms with Gasteiger partial charge in [-0.15, -0.1) is 0 Å². The molecule has 0 radical (unpaired) electrons. The Morgan fingerprint density at radius 2 is 1.84 bits per heavy atom. The van der Waals surface area contributed by atoms with E-state index in [9.17, 15) is 14.7 Å². The van der Waals surface area contributed by atoms with Gasteiger partial charge in [-0.3, -0.25) is 9.59 Å². The standard InChI is InChI=1S/C30H38N2O5/c1-19(30(34)35)28(21-6-7-21)23-10-13-31-27(16-23)37-18-20-11-14-32(15-12-20)26-17-24(36-2)8-9-25(26)29(33)22-4-3-5-22/h8-10,13,16-17,19-22,28H,3-7,11-12,14-15,18H2,1-2H3,(H,34,35)/t19-,28-/m0/s1. The second-order valence-corrected chi connectivity index (χ2v) is 11.0. The number of piperidine rings is 1. The van der Waals surface area contributed by atoms with Crippen LogP contribution in [0.1, 0.15) is 73.7 Å². The van der Waals surface area contributed by atoms with Crippen LogP contribution in [0.5, 0.6) is 11.6 Å². The Kier molecular flexibility index (Phi) is 7.68. The first-order chi connectivity index (χ1) is 17.9. The van der Waals surface area contributed by atoms with Crippen LogP contribution in [0.15, 0.2) is 36.5 Å². The first kappa shape index (κ1) is 25.6. The van der Waals surface area contributed by atoms with Gasteiger partial charge < -0.3 is 19.5 Å². The lowest BCUT2D eigenvalue weighted by atomic mass is 9.79. The minimum Gasteiger partial charge on any atom is -0.497 e. The molecular weight excluding hydrogens is 468 g/mol. The number of carboxylic acid groups (broad SMARTS) is 1. The number of anilines is 1. The van der Waals surface area contributed by atoms with Crippen molar-refractivity contribution in [3.63, 3.8) is 0 Å². The number of hydrogen-bond donors (Lipinski definition) is 1. The maximum Gasteiger partial charge on any atom is 0.306 e. The zero-order chi connectivity index (χ0) is 25.9. The van der Waals surface area contributed by atoms with Crippen molar-refractivity contribution in [3.05, 3.63) is 47.7 Å². The molecule has 2 aromatic rings. The van der Waals surface area contributed by atoms with Crippen molar-refractivity contribution in [2.45, 2.75) is 57.8 Å². The fraction of sp³-hybridized carbons (Fsp3) is 0.567. The Bertz CT molecular complexity index is 1120. The number of benzene rings is 1. The molecule has 2 aliphatic carbocycles. The lowest BCUT2D eigenvalue weighted by Gasteiger charge is -2.35. The summed E-state index contributed by atoms with van der Waals surface area (Å²) in [5.74, 6) is 1.44. The number of methoxy groups -OCH3 is 1. The maximum absolute atomic E-state index is 13.1. The number of ketones is 1. The van der Waals surface area contributed by atoms with Gasteiger partial charge in [-0.25, -0.2) is 4.98 Å². The summed E-state index contributed by atoms with van der Waals surface area (Å²) in [4.78, 5) is 31.5. The van der Waals surface area contributed by atoms with Crippen LogP contribution in [0, 0.1) is 23.7 Å². The van der Waals surface area contributed by atoms with Crippen molar-refractivity contribution in [2.75, 3.05) is 31.7 Å². The van der Waals surface area contributed by atoms with Crippen molar-refractivity contribution in [1.29, 1.82) is 0 Å². The van der Waals surface area contributed by atoms with Gasteiger partial charge in [0.05, 0.1) is 25.3 Å². The van der Waals surface area contributed by atoms with E-state index < -0.39 is 11.9 Å². The molecule has 3 fully saturated rings. The molecule has 198 valence electrons. The van der Waals surface area contributed by atoms with Gasteiger partial charge in [-0.05, 0) is 80.0 Å². The summed E-state index contributed by atoms with van der Waals surface area (Å²) in [6.07, 6.45) is 8.97. The molecule has 5 rings (SSSR count). The second-order valence-electron chi connectivity index (χ2n) is 11.0. The zero-order valence-corrected chi connectivity index (χ0v) is 21.9. The molecule has 2 heterocycles. The number of Topliss-reactive ketones (excluding diaryl/α,β-unsaturated/α-hetero) is 1. The lowest BCUT2D eigenvalue weighted by molar-refractivity contribution is -0.142. The van der Waals surface area contributed by atoms with Crippen molar-refractivity contribution in [1.82, 2.24) is 4.98 Å². The molecule has 1 N–H and O–H groups in total. The summed E-state index contributed by atoms with van der Waals surface area (Å²) < 4.78 is 11.6. The molecule has 0 unspecified atom stereocenters. The zero-order valence-electron chi connectivity index (χ0n) is 21.9. The molecule has 2 atom stereocenters.